The average Bonchev–Trinajstić information content (AvgIpc) is 3.64. The highest BCUT2D eigenvalue weighted by atomic mass is 32.2. The fourth-order valence-corrected chi connectivity index (χ4v) is 6.15. The average molecular weight is 575 g/mol. The number of ether oxygens (including phenoxy) is 2. The van der Waals surface area contributed by atoms with Gasteiger partial charge in [-0.2, -0.15) is 4.31 Å². The van der Waals surface area contributed by atoms with Gasteiger partial charge in [-0.1, -0.05) is 47.5 Å². The molecule has 2 heterocycles. The van der Waals surface area contributed by atoms with Crippen LogP contribution < -0.4 is 10.1 Å². The van der Waals surface area contributed by atoms with Crippen LogP contribution in [0.3, 0.4) is 0 Å². The lowest BCUT2D eigenvalue weighted by Gasteiger charge is -2.24. The number of methoxy groups -OCH3 is 1. The lowest BCUT2D eigenvalue weighted by atomic mass is 10.1. The molecule has 1 atom stereocenters. The number of hydrogen-bond acceptors (Lipinski definition) is 6. The number of carbonyl (C=O) groups is 1. The van der Waals surface area contributed by atoms with Crippen LogP contribution in [0.1, 0.15) is 24.0 Å². The number of nitrogens with zero attached hydrogens (tertiary/aromatic N) is 3. The van der Waals surface area contributed by atoms with E-state index in [-0.39, 0.29) is 17.5 Å². The molecule has 0 spiro atoms. The maximum Gasteiger partial charge on any atom is 0.243 e. The molecule has 1 aliphatic heterocycles. The number of amides is 1. The fraction of sp³-hybridized carbons (Fsp3) is 0.290. The van der Waals surface area contributed by atoms with Crippen LogP contribution in [-0.4, -0.2) is 61.1 Å². The molecular formula is C31H34N4O5S. The van der Waals surface area contributed by atoms with Crippen LogP contribution in [0.2, 0.25) is 0 Å². The lowest BCUT2D eigenvalue weighted by molar-refractivity contribution is -0.116. The standard InChI is InChI=1S/C31H34N4O5S/c1-22-6-10-24(11-7-22)29-20-35(25-12-8-23(2)9-13-25)31(32-29)33-30(36)21-34(19-27-5-4-18-40-27)41(37,38)28-16-14-26(39-3)15-17-28/h6-17,20,27H,4-5,18-19,21H2,1-3H3,(H,32,33,36)/t27-/m1/s1. The summed E-state index contributed by atoms with van der Waals surface area (Å²) < 4.78 is 41.2. The van der Waals surface area contributed by atoms with Crippen molar-refractivity contribution >= 4 is 21.9 Å². The highest BCUT2D eigenvalue weighted by molar-refractivity contribution is 7.89. The van der Waals surface area contributed by atoms with Gasteiger partial charge in [-0.15, -0.1) is 0 Å². The minimum Gasteiger partial charge on any atom is -0.497 e. The van der Waals surface area contributed by atoms with Crippen LogP contribution in [0, 0.1) is 13.8 Å². The molecular weight excluding hydrogens is 540 g/mol. The summed E-state index contributed by atoms with van der Waals surface area (Å²) in [4.78, 5) is 18.3. The maximum absolute atomic E-state index is 13.7. The van der Waals surface area contributed by atoms with Crippen molar-refractivity contribution < 1.29 is 22.7 Å². The van der Waals surface area contributed by atoms with Crippen molar-refractivity contribution in [2.75, 3.05) is 32.1 Å². The fourth-order valence-electron chi connectivity index (χ4n) is 4.72. The van der Waals surface area contributed by atoms with E-state index in [4.69, 9.17) is 14.5 Å². The van der Waals surface area contributed by atoms with Gasteiger partial charge in [0, 0.05) is 30.6 Å². The molecule has 0 bridgehead atoms. The van der Waals surface area contributed by atoms with Gasteiger partial charge in [0.1, 0.15) is 5.75 Å². The van der Waals surface area contributed by atoms with E-state index in [1.807, 2.05) is 68.6 Å². The molecule has 1 amide bonds. The predicted octanol–water partition coefficient (Wildman–Crippen LogP) is 4.97. The first kappa shape index (κ1) is 28.5. The smallest absolute Gasteiger partial charge is 0.243 e. The number of hydrogen-bond donors (Lipinski definition) is 1. The number of rotatable bonds is 10. The summed E-state index contributed by atoms with van der Waals surface area (Å²) in [6.07, 6.45) is 3.17. The van der Waals surface area contributed by atoms with E-state index in [9.17, 15) is 13.2 Å². The van der Waals surface area contributed by atoms with Gasteiger partial charge in [-0.05, 0) is 63.1 Å². The summed E-state index contributed by atoms with van der Waals surface area (Å²) in [7, 11) is -2.48. The number of nitrogens with one attached hydrogen (secondary N) is 1. The highest BCUT2D eigenvalue weighted by Gasteiger charge is 2.31. The van der Waals surface area contributed by atoms with E-state index < -0.39 is 22.5 Å². The van der Waals surface area contributed by atoms with Crippen molar-refractivity contribution in [2.24, 2.45) is 0 Å². The van der Waals surface area contributed by atoms with Crippen molar-refractivity contribution in [3.8, 4) is 22.7 Å². The number of aryl methyl sites for hydroxylation is 2. The van der Waals surface area contributed by atoms with Crippen molar-refractivity contribution in [1.82, 2.24) is 13.9 Å². The van der Waals surface area contributed by atoms with Crippen molar-refractivity contribution in [3.63, 3.8) is 0 Å². The quantitative estimate of drug-likeness (QED) is 0.287. The second-order valence-electron chi connectivity index (χ2n) is 10.2. The molecule has 0 radical (unpaired) electrons. The molecule has 0 unspecified atom stereocenters. The Morgan fingerprint density at radius 2 is 1.68 bits per heavy atom. The number of carbonyl (C=O) groups excluding carboxylic acids is 1. The Hall–Kier alpha value is -3.99. The SMILES string of the molecule is COc1ccc(S(=O)(=O)N(CC(=O)Nc2nc(-c3ccc(C)cc3)cn2-c2ccc(C)cc2)C[C@H]2CCCO2)cc1. The molecule has 0 aliphatic carbocycles. The molecule has 10 heteroatoms. The lowest BCUT2D eigenvalue weighted by Crippen LogP contribution is -2.42. The maximum atomic E-state index is 13.7. The summed E-state index contributed by atoms with van der Waals surface area (Å²) in [5.41, 5.74) is 4.64. The summed E-state index contributed by atoms with van der Waals surface area (Å²) in [6.45, 7) is 4.27. The van der Waals surface area contributed by atoms with Crippen LogP contribution >= 0.6 is 0 Å². The molecule has 9 nitrogen and oxygen atoms in total. The molecule has 214 valence electrons. The highest BCUT2D eigenvalue weighted by Crippen LogP contribution is 2.26. The Morgan fingerprint density at radius 3 is 2.29 bits per heavy atom. The van der Waals surface area contributed by atoms with Crippen LogP contribution in [0.15, 0.2) is 83.9 Å². The van der Waals surface area contributed by atoms with E-state index >= 15 is 0 Å². The van der Waals surface area contributed by atoms with E-state index in [0.29, 0.717) is 24.0 Å². The summed E-state index contributed by atoms with van der Waals surface area (Å²) in [5.74, 6) is 0.336. The zero-order valence-corrected chi connectivity index (χ0v) is 24.2. The van der Waals surface area contributed by atoms with Crippen molar-refractivity contribution in [1.29, 1.82) is 0 Å². The largest absolute Gasteiger partial charge is 0.497 e. The molecule has 1 N–H and O–H groups in total. The molecule has 3 aromatic carbocycles. The Balaban J connectivity index is 1.44. The number of sulfonamides is 1. The molecule has 4 aromatic rings. The van der Waals surface area contributed by atoms with Gasteiger partial charge in [-0.3, -0.25) is 14.7 Å². The molecule has 1 aliphatic rings. The third-order valence-electron chi connectivity index (χ3n) is 7.07. The zero-order chi connectivity index (χ0) is 29.0. The van der Waals surface area contributed by atoms with Gasteiger partial charge in [0.2, 0.25) is 21.9 Å². The molecule has 41 heavy (non-hydrogen) atoms. The Bertz CT molecular complexity index is 1590. The summed E-state index contributed by atoms with van der Waals surface area (Å²) in [5, 5.41) is 2.87. The second-order valence-corrected chi connectivity index (χ2v) is 12.1. The van der Waals surface area contributed by atoms with Crippen molar-refractivity contribution in [2.45, 2.75) is 37.7 Å². The van der Waals surface area contributed by atoms with Crippen LogP contribution in [0.25, 0.3) is 16.9 Å². The minimum absolute atomic E-state index is 0.0722. The normalized spacial score (nSPS) is 15.3. The van der Waals surface area contributed by atoms with Gasteiger partial charge in [0.05, 0.1) is 30.3 Å². The summed E-state index contributed by atoms with van der Waals surface area (Å²) in [6, 6.07) is 22.0. The molecule has 5 rings (SSSR count). The number of aromatic nitrogens is 2. The van der Waals surface area contributed by atoms with Gasteiger partial charge < -0.3 is 9.47 Å². The Morgan fingerprint density at radius 1 is 1.02 bits per heavy atom. The topological polar surface area (TPSA) is 103 Å². The third kappa shape index (κ3) is 6.67. The first-order chi connectivity index (χ1) is 19.7. The van der Waals surface area contributed by atoms with Crippen LogP contribution in [0.4, 0.5) is 5.95 Å². The van der Waals surface area contributed by atoms with Gasteiger partial charge in [0.15, 0.2) is 0 Å². The molecule has 1 aromatic heterocycles. The van der Waals surface area contributed by atoms with Crippen LogP contribution in [-0.2, 0) is 19.6 Å². The molecule has 0 saturated carbocycles. The first-order valence-electron chi connectivity index (χ1n) is 13.5. The molecule has 1 fully saturated rings. The third-order valence-corrected chi connectivity index (χ3v) is 8.89. The first-order valence-corrected chi connectivity index (χ1v) is 15.0. The van der Waals surface area contributed by atoms with E-state index in [1.54, 1.807) is 16.7 Å². The van der Waals surface area contributed by atoms with E-state index in [1.165, 1.54) is 23.5 Å². The van der Waals surface area contributed by atoms with Gasteiger partial charge >= 0.3 is 0 Å². The second kappa shape index (κ2) is 12.3. The minimum atomic E-state index is -4.00. The van der Waals surface area contributed by atoms with E-state index in [0.717, 1.165) is 35.2 Å². The summed E-state index contributed by atoms with van der Waals surface area (Å²) >= 11 is 0. The van der Waals surface area contributed by atoms with Gasteiger partial charge in [0.25, 0.3) is 0 Å². The van der Waals surface area contributed by atoms with E-state index in [2.05, 4.69) is 5.32 Å². The molecule has 1 saturated heterocycles. The monoisotopic (exact) mass is 574 g/mol. The Kier molecular flexibility index (Phi) is 8.53. The number of anilines is 1. The zero-order valence-electron chi connectivity index (χ0n) is 23.4. The Labute approximate surface area is 240 Å². The van der Waals surface area contributed by atoms with Crippen LogP contribution in [0.5, 0.6) is 5.75 Å². The van der Waals surface area contributed by atoms with Crippen molar-refractivity contribution in [3.05, 3.63) is 90.1 Å². The van der Waals surface area contributed by atoms with Gasteiger partial charge in [-0.25, -0.2) is 13.4 Å². The predicted molar refractivity (Wildman–Crippen MR) is 158 cm³/mol. The number of benzene rings is 3. The number of imidazole rings is 1.